The molecule has 9 nitrogen and oxygen atoms in total. The zero-order chi connectivity index (χ0) is 27.1. The predicted molar refractivity (Wildman–Crippen MR) is 135 cm³/mol. The van der Waals surface area contributed by atoms with Gasteiger partial charge in [0.05, 0.1) is 32.4 Å². The van der Waals surface area contributed by atoms with Gasteiger partial charge in [0.25, 0.3) is 0 Å². The average molecular weight is 541 g/mol. The third kappa shape index (κ3) is 4.84. The lowest BCUT2D eigenvalue weighted by molar-refractivity contribution is -0.140. The highest BCUT2D eigenvalue weighted by Crippen LogP contribution is 2.42. The molecule has 0 unspecified atom stereocenters. The summed E-state index contributed by atoms with van der Waals surface area (Å²) in [5.41, 5.74) is 6.04. The number of benzene rings is 1. The number of amidine groups is 2. The van der Waals surface area contributed by atoms with E-state index in [-0.39, 0.29) is 12.4 Å². The van der Waals surface area contributed by atoms with Crippen molar-refractivity contribution in [2.45, 2.75) is 38.0 Å². The van der Waals surface area contributed by atoms with Crippen LogP contribution in [-0.4, -0.2) is 56.5 Å². The molecule has 3 aromatic rings. The van der Waals surface area contributed by atoms with Gasteiger partial charge in [-0.2, -0.15) is 13.2 Å². The minimum atomic E-state index is -4.61. The quantitative estimate of drug-likeness (QED) is 0.429. The molecule has 0 atom stereocenters. The number of aliphatic imine (C=N–C) groups is 2. The van der Waals surface area contributed by atoms with Crippen LogP contribution in [-0.2, 0) is 19.3 Å². The number of rotatable bonds is 8. The highest BCUT2D eigenvalue weighted by molar-refractivity contribution is 6.15. The number of fused-ring (bicyclic) bond motifs is 1. The monoisotopic (exact) mass is 540 g/mol. The van der Waals surface area contributed by atoms with E-state index in [1.807, 2.05) is 11.2 Å². The number of nitrogens with zero attached hydrogens (tertiary/aromatic N) is 7. The molecule has 3 aliphatic rings. The topological polar surface area (TPSA) is 92.8 Å². The van der Waals surface area contributed by atoms with Crippen molar-refractivity contribution < 1.29 is 22.3 Å². The van der Waals surface area contributed by atoms with Crippen molar-refractivity contribution >= 4 is 11.7 Å². The van der Waals surface area contributed by atoms with Crippen molar-refractivity contribution in [1.82, 2.24) is 30.0 Å². The van der Waals surface area contributed by atoms with E-state index in [0.29, 0.717) is 47.7 Å². The van der Waals surface area contributed by atoms with E-state index >= 15 is 0 Å². The third-order valence-electron chi connectivity index (χ3n) is 6.72. The predicted octanol–water partition coefficient (Wildman–Crippen LogP) is 4.28. The van der Waals surface area contributed by atoms with Gasteiger partial charge in [0.15, 0.2) is 17.4 Å². The van der Waals surface area contributed by atoms with Gasteiger partial charge in [0.1, 0.15) is 24.4 Å². The fourth-order valence-corrected chi connectivity index (χ4v) is 4.65. The number of ether oxygens (including phenoxy) is 1. The number of imidazole rings is 1. The van der Waals surface area contributed by atoms with Crippen LogP contribution in [0.1, 0.15) is 41.3 Å². The zero-order valence-corrected chi connectivity index (χ0v) is 20.9. The molecule has 1 aliphatic carbocycles. The van der Waals surface area contributed by atoms with E-state index in [4.69, 9.17) is 9.73 Å². The zero-order valence-electron chi connectivity index (χ0n) is 20.9. The van der Waals surface area contributed by atoms with Crippen LogP contribution in [0.15, 0.2) is 58.5 Å². The minimum absolute atomic E-state index is 0.0674. The maximum Gasteiger partial charge on any atom is 0.434 e. The van der Waals surface area contributed by atoms with E-state index in [9.17, 15) is 17.6 Å². The van der Waals surface area contributed by atoms with Crippen molar-refractivity contribution in [3.63, 3.8) is 0 Å². The van der Waals surface area contributed by atoms with Crippen LogP contribution >= 0.6 is 0 Å². The Kier molecular flexibility index (Phi) is 6.28. The molecule has 2 aromatic heterocycles. The van der Waals surface area contributed by atoms with Crippen LogP contribution in [0.25, 0.3) is 11.4 Å². The van der Waals surface area contributed by atoms with Gasteiger partial charge >= 0.3 is 6.18 Å². The normalized spacial score (nSPS) is 16.8. The molecular weight excluding hydrogens is 516 g/mol. The summed E-state index contributed by atoms with van der Waals surface area (Å²) in [6.07, 6.45) is 1.68. The first-order chi connectivity index (χ1) is 18.9. The summed E-state index contributed by atoms with van der Waals surface area (Å²) < 4.78 is 59.2. The number of methoxy groups -OCH3 is 1. The summed E-state index contributed by atoms with van der Waals surface area (Å²) >= 11 is 0. The smallest absolute Gasteiger partial charge is 0.434 e. The second-order valence-corrected chi connectivity index (χ2v) is 9.40. The maximum atomic E-state index is 13.2. The Bertz CT molecular complexity index is 1490. The number of nitrogens with one attached hydrogen (secondary N) is 1. The molecule has 0 bridgehead atoms. The summed E-state index contributed by atoms with van der Waals surface area (Å²) in [7, 11) is 1.56. The molecule has 1 N–H and O–H groups in total. The molecule has 202 valence electrons. The lowest BCUT2D eigenvalue weighted by atomic mass is 10.1. The Labute approximate surface area is 221 Å². The van der Waals surface area contributed by atoms with Crippen LogP contribution in [0.3, 0.4) is 0 Å². The highest BCUT2D eigenvalue weighted by atomic mass is 19.4. The van der Waals surface area contributed by atoms with Gasteiger partial charge in [-0.25, -0.2) is 24.3 Å². The van der Waals surface area contributed by atoms with Crippen LogP contribution in [0.2, 0.25) is 0 Å². The second-order valence-electron chi connectivity index (χ2n) is 9.40. The fourth-order valence-electron chi connectivity index (χ4n) is 4.65. The standard InChI is InChI=1S/C26H24F4N8O/c1-39-25-20(21(16-6-7-16)32-14-33-25)22-31-10-18-11-34-38(24(18)36-22)12-15-2-4-17(5-3-15)23-35-19(26(28,29)30)13-37(23)9-8-27/h2-5,11,13-14,16,34H,6-10,12H2,1H3. The number of aryl methyl sites for hydroxylation is 1. The van der Waals surface area contributed by atoms with E-state index in [0.717, 1.165) is 35.9 Å². The molecule has 6 rings (SSSR count). The Hall–Kier alpha value is -4.29. The summed E-state index contributed by atoms with van der Waals surface area (Å²) in [5, 5.41) is 1.87. The first kappa shape index (κ1) is 25.0. The molecular formula is C26H24F4N8O. The summed E-state index contributed by atoms with van der Waals surface area (Å²) in [5.74, 6) is 2.09. The fraction of sp³-hybridized carbons (Fsp3) is 0.346. The minimum Gasteiger partial charge on any atom is -0.480 e. The second kappa shape index (κ2) is 9.79. The lowest BCUT2D eigenvalue weighted by Crippen LogP contribution is -2.36. The molecule has 2 aliphatic heterocycles. The molecule has 1 saturated carbocycles. The van der Waals surface area contributed by atoms with Crippen molar-refractivity contribution in [1.29, 1.82) is 0 Å². The number of alkyl halides is 4. The lowest BCUT2D eigenvalue weighted by Gasteiger charge is -2.23. The molecule has 0 radical (unpaired) electrons. The van der Waals surface area contributed by atoms with Crippen LogP contribution < -0.4 is 10.2 Å². The van der Waals surface area contributed by atoms with Gasteiger partial charge in [-0.3, -0.25) is 10.0 Å². The molecule has 0 saturated heterocycles. The van der Waals surface area contributed by atoms with Gasteiger partial charge in [-0.15, -0.1) is 0 Å². The molecule has 39 heavy (non-hydrogen) atoms. The molecule has 13 heteroatoms. The van der Waals surface area contributed by atoms with Crippen molar-refractivity contribution in [3.05, 3.63) is 71.1 Å². The van der Waals surface area contributed by atoms with Gasteiger partial charge in [-0.1, -0.05) is 24.3 Å². The van der Waals surface area contributed by atoms with E-state index in [1.54, 1.807) is 31.4 Å². The number of aromatic nitrogens is 4. The van der Waals surface area contributed by atoms with Crippen molar-refractivity contribution in [2.75, 3.05) is 20.3 Å². The molecule has 1 aromatic carbocycles. The van der Waals surface area contributed by atoms with Gasteiger partial charge in [0, 0.05) is 29.5 Å². The highest BCUT2D eigenvalue weighted by Gasteiger charge is 2.35. The van der Waals surface area contributed by atoms with Crippen LogP contribution in [0.5, 0.6) is 5.88 Å². The summed E-state index contributed by atoms with van der Waals surface area (Å²) in [6.45, 7) is -0.157. The first-order valence-electron chi connectivity index (χ1n) is 12.4. The van der Waals surface area contributed by atoms with Gasteiger partial charge < -0.3 is 14.7 Å². The van der Waals surface area contributed by atoms with E-state index in [2.05, 4.69) is 25.4 Å². The number of hydrogen-bond acceptors (Lipinski definition) is 8. The van der Waals surface area contributed by atoms with E-state index < -0.39 is 18.5 Å². The third-order valence-corrected chi connectivity index (χ3v) is 6.72. The van der Waals surface area contributed by atoms with Crippen LogP contribution in [0, 0.1) is 0 Å². The Morgan fingerprint density at radius 3 is 2.62 bits per heavy atom. The van der Waals surface area contributed by atoms with Crippen molar-refractivity contribution in [2.24, 2.45) is 9.98 Å². The van der Waals surface area contributed by atoms with Gasteiger partial charge in [-0.05, 0) is 18.4 Å². The Morgan fingerprint density at radius 2 is 1.92 bits per heavy atom. The summed E-state index contributed by atoms with van der Waals surface area (Å²) in [6, 6.07) is 6.96. The SMILES string of the molecule is COc1ncnc(C2CC2)c1C1=NCC2=CNN(Cc3ccc(-c4nc(C(F)(F)F)cn4CCF)cc3)C2=N1. The largest absolute Gasteiger partial charge is 0.480 e. The molecule has 1 fully saturated rings. The van der Waals surface area contributed by atoms with Gasteiger partial charge in [0.2, 0.25) is 5.88 Å². The molecule has 0 spiro atoms. The summed E-state index contributed by atoms with van der Waals surface area (Å²) in [4.78, 5) is 22.0. The van der Waals surface area contributed by atoms with Crippen LogP contribution in [0.4, 0.5) is 17.6 Å². The molecule has 0 amide bonds. The Morgan fingerprint density at radius 1 is 1.13 bits per heavy atom. The average Bonchev–Trinajstić information content (AvgIpc) is 3.58. The first-order valence-corrected chi connectivity index (χ1v) is 12.4. The number of hydrogen-bond donors (Lipinski definition) is 1. The number of halogens is 4. The van der Waals surface area contributed by atoms with Crippen molar-refractivity contribution in [3.8, 4) is 17.3 Å². The Balaban J connectivity index is 1.24. The van der Waals surface area contributed by atoms with E-state index in [1.165, 1.54) is 10.9 Å². The maximum absolute atomic E-state index is 13.2. The number of hydrazine groups is 1. The molecule has 4 heterocycles.